The maximum atomic E-state index is 11.2. The first-order chi connectivity index (χ1) is 4.98. The molecule has 0 aromatic heterocycles. The zero-order chi connectivity index (χ0) is 8.91. The molecule has 4 heteroatoms. The van der Waals surface area contributed by atoms with E-state index in [9.17, 15) is 8.42 Å². The van der Waals surface area contributed by atoms with Gasteiger partial charge in [-0.1, -0.05) is 29.8 Å². The fourth-order valence-corrected chi connectivity index (χ4v) is 3.28. The maximum Gasteiger partial charge on any atom is 0.150 e. The van der Waals surface area contributed by atoms with Crippen molar-refractivity contribution >= 4 is 25.8 Å². The van der Waals surface area contributed by atoms with Crippen LogP contribution in [0.4, 0.5) is 0 Å². The van der Waals surface area contributed by atoms with Gasteiger partial charge in [-0.2, -0.15) is 0 Å². The lowest BCUT2D eigenvalue weighted by atomic mass is 10.3. The summed E-state index contributed by atoms with van der Waals surface area (Å²) in [6.07, 6.45) is 0.717. The van der Waals surface area contributed by atoms with Gasteiger partial charge in [-0.05, 0) is 12.3 Å². The predicted octanol–water partition coefficient (Wildman–Crippen LogP) is 1.84. The van der Waals surface area contributed by atoms with Gasteiger partial charge in [0.15, 0.2) is 9.84 Å². The zero-order valence-corrected chi connectivity index (χ0v) is 9.41. The molecule has 0 aliphatic rings. The summed E-state index contributed by atoms with van der Waals surface area (Å²) in [7, 11) is -2.77. The third-order valence-corrected chi connectivity index (χ3v) is 3.82. The van der Waals surface area contributed by atoms with Crippen LogP contribution >= 0.6 is 15.9 Å². The second-order valence-electron chi connectivity index (χ2n) is 3.05. The topological polar surface area (TPSA) is 34.1 Å². The molecule has 11 heavy (non-hydrogen) atoms. The largest absolute Gasteiger partial charge is 0.229 e. The van der Waals surface area contributed by atoms with E-state index in [4.69, 9.17) is 0 Å². The van der Waals surface area contributed by atoms with Crippen molar-refractivity contribution in [2.24, 2.45) is 5.92 Å². The smallest absolute Gasteiger partial charge is 0.150 e. The van der Waals surface area contributed by atoms with Crippen molar-refractivity contribution in [1.82, 2.24) is 0 Å². The Kier molecular flexibility index (Phi) is 5.34. The van der Waals surface area contributed by atoms with Crippen LogP contribution in [0, 0.1) is 5.92 Å². The van der Waals surface area contributed by atoms with Gasteiger partial charge in [0.2, 0.25) is 0 Å². The summed E-state index contributed by atoms with van der Waals surface area (Å²) in [4.78, 5) is 0. The second-order valence-corrected chi connectivity index (χ2v) is 6.07. The molecule has 68 valence electrons. The van der Waals surface area contributed by atoms with E-state index >= 15 is 0 Å². The van der Waals surface area contributed by atoms with Crippen LogP contribution in [0.2, 0.25) is 0 Å². The van der Waals surface area contributed by atoms with Crippen molar-refractivity contribution in [1.29, 1.82) is 0 Å². The molecule has 0 N–H and O–H groups in total. The number of hydrogen-bond acceptors (Lipinski definition) is 2. The highest BCUT2D eigenvalue weighted by Crippen LogP contribution is 2.02. The van der Waals surface area contributed by atoms with Crippen molar-refractivity contribution in [3.63, 3.8) is 0 Å². The first-order valence-electron chi connectivity index (χ1n) is 3.74. The van der Waals surface area contributed by atoms with E-state index in [-0.39, 0.29) is 5.92 Å². The summed E-state index contributed by atoms with van der Waals surface area (Å²) in [5, 5.41) is 0.768. The van der Waals surface area contributed by atoms with E-state index in [1.165, 1.54) is 0 Å². The van der Waals surface area contributed by atoms with Crippen LogP contribution in [0.15, 0.2) is 0 Å². The molecule has 0 fully saturated rings. The molecular formula is C7H15BrO2S. The normalized spacial score (nSPS) is 12.4. The molecule has 0 spiro atoms. The number of hydrogen-bond donors (Lipinski definition) is 0. The van der Waals surface area contributed by atoms with Gasteiger partial charge < -0.3 is 0 Å². The summed E-state index contributed by atoms with van der Waals surface area (Å²) in [5.74, 6) is 0.881. The molecule has 0 heterocycles. The monoisotopic (exact) mass is 242 g/mol. The van der Waals surface area contributed by atoms with Gasteiger partial charge >= 0.3 is 0 Å². The van der Waals surface area contributed by atoms with Gasteiger partial charge in [-0.25, -0.2) is 8.42 Å². The first-order valence-corrected chi connectivity index (χ1v) is 6.68. The highest BCUT2D eigenvalue weighted by molar-refractivity contribution is 9.09. The predicted molar refractivity (Wildman–Crippen MR) is 51.9 cm³/mol. The summed E-state index contributed by atoms with van der Waals surface area (Å²) < 4.78 is 22.4. The standard InChI is InChI=1S/C7H15BrO2S/c1-7(2)6-11(9,10)5-3-4-8/h7H,3-6H2,1-2H3. The van der Waals surface area contributed by atoms with E-state index in [0.717, 1.165) is 11.8 Å². The van der Waals surface area contributed by atoms with Crippen molar-refractivity contribution in [2.45, 2.75) is 20.3 Å². The molecule has 0 atom stereocenters. The molecule has 0 bridgehead atoms. The van der Waals surface area contributed by atoms with E-state index in [0.29, 0.717) is 11.5 Å². The lowest BCUT2D eigenvalue weighted by Crippen LogP contribution is -2.15. The molecule has 0 aliphatic heterocycles. The molecule has 0 amide bonds. The van der Waals surface area contributed by atoms with E-state index in [1.807, 2.05) is 13.8 Å². The fraction of sp³-hybridized carbons (Fsp3) is 1.00. The van der Waals surface area contributed by atoms with Crippen molar-refractivity contribution < 1.29 is 8.42 Å². The molecule has 0 aromatic rings. The molecular weight excluding hydrogens is 228 g/mol. The fourth-order valence-electron chi connectivity index (χ4n) is 0.866. The molecule has 2 nitrogen and oxygen atoms in total. The van der Waals surface area contributed by atoms with Crippen LogP contribution < -0.4 is 0 Å². The molecule has 0 saturated carbocycles. The Bertz CT molecular complexity index is 185. The number of rotatable bonds is 5. The quantitative estimate of drug-likeness (QED) is 0.690. The van der Waals surface area contributed by atoms with Gasteiger partial charge in [0.1, 0.15) is 0 Å². The third kappa shape index (κ3) is 6.81. The minimum atomic E-state index is -2.77. The van der Waals surface area contributed by atoms with Crippen LogP contribution in [-0.2, 0) is 9.84 Å². The van der Waals surface area contributed by atoms with Crippen LogP contribution in [0.3, 0.4) is 0 Å². The van der Waals surface area contributed by atoms with Gasteiger partial charge in [0, 0.05) is 5.33 Å². The molecule has 0 saturated heterocycles. The number of halogens is 1. The van der Waals surface area contributed by atoms with E-state index < -0.39 is 9.84 Å². The Morgan fingerprint density at radius 3 is 2.27 bits per heavy atom. The number of sulfone groups is 1. The zero-order valence-electron chi connectivity index (χ0n) is 7.01. The Morgan fingerprint density at radius 2 is 1.91 bits per heavy atom. The average Bonchev–Trinajstić information content (AvgIpc) is 1.81. The van der Waals surface area contributed by atoms with E-state index in [1.54, 1.807) is 0 Å². The van der Waals surface area contributed by atoms with Gasteiger partial charge in [-0.3, -0.25) is 0 Å². The SMILES string of the molecule is CC(C)CS(=O)(=O)CCCBr. The van der Waals surface area contributed by atoms with Crippen LogP contribution in [0.1, 0.15) is 20.3 Å². The lowest BCUT2D eigenvalue weighted by Gasteiger charge is -2.04. The molecule has 0 radical (unpaired) electrons. The molecule has 0 aromatic carbocycles. The van der Waals surface area contributed by atoms with Crippen molar-refractivity contribution in [3.8, 4) is 0 Å². The Labute approximate surface area is 77.4 Å². The Morgan fingerprint density at radius 1 is 1.36 bits per heavy atom. The maximum absolute atomic E-state index is 11.2. The lowest BCUT2D eigenvalue weighted by molar-refractivity contribution is 0.581. The molecule has 0 rings (SSSR count). The summed E-state index contributed by atoms with van der Waals surface area (Å²) in [6, 6.07) is 0. The Balaban J connectivity index is 3.82. The summed E-state index contributed by atoms with van der Waals surface area (Å²) in [6.45, 7) is 3.84. The highest BCUT2D eigenvalue weighted by Gasteiger charge is 2.11. The molecule has 0 unspecified atom stereocenters. The minimum Gasteiger partial charge on any atom is -0.229 e. The Hall–Kier alpha value is 0.430. The summed E-state index contributed by atoms with van der Waals surface area (Å²) in [5.41, 5.74) is 0. The molecule has 0 aliphatic carbocycles. The second kappa shape index (κ2) is 5.14. The van der Waals surface area contributed by atoms with Crippen LogP contribution in [0.25, 0.3) is 0 Å². The van der Waals surface area contributed by atoms with Crippen molar-refractivity contribution in [3.05, 3.63) is 0 Å². The first kappa shape index (κ1) is 11.4. The minimum absolute atomic E-state index is 0.246. The highest BCUT2D eigenvalue weighted by atomic mass is 79.9. The van der Waals surface area contributed by atoms with Gasteiger partial charge in [-0.15, -0.1) is 0 Å². The third-order valence-electron chi connectivity index (χ3n) is 1.18. The van der Waals surface area contributed by atoms with Crippen LogP contribution in [0.5, 0.6) is 0 Å². The number of alkyl halides is 1. The van der Waals surface area contributed by atoms with Crippen molar-refractivity contribution in [2.75, 3.05) is 16.8 Å². The van der Waals surface area contributed by atoms with Crippen LogP contribution in [-0.4, -0.2) is 25.3 Å². The van der Waals surface area contributed by atoms with E-state index in [2.05, 4.69) is 15.9 Å². The van der Waals surface area contributed by atoms with Gasteiger partial charge in [0.05, 0.1) is 11.5 Å². The van der Waals surface area contributed by atoms with Gasteiger partial charge in [0.25, 0.3) is 0 Å². The average molecular weight is 243 g/mol. The summed E-state index contributed by atoms with van der Waals surface area (Å²) >= 11 is 3.20.